The Hall–Kier alpha value is 0.860. The van der Waals surface area contributed by atoms with Gasteiger partial charge < -0.3 is 0 Å². The van der Waals surface area contributed by atoms with Gasteiger partial charge in [-0.05, 0) is 25.4 Å². The molecule has 0 radical (unpaired) electrons. The minimum atomic E-state index is 0.789. The molecule has 0 saturated carbocycles. The van der Waals surface area contributed by atoms with Crippen LogP contribution in [0, 0.1) is 0 Å². The third-order valence-corrected chi connectivity index (χ3v) is 15.2. The smallest absolute Gasteiger partial charge is 0.0569 e. The van der Waals surface area contributed by atoms with Crippen molar-refractivity contribution in [3.8, 4) is 0 Å². The molecular weight excluding hydrogens is 614 g/mol. The van der Waals surface area contributed by atoms with Crippen molar-refractivity contribution in [1.29, 1.82) is 0 Å². The van der Waals surface area contributed by atoms with E-state index < -0.39 is 0 Å². The van der Waals surface area contributed by atoms with Gasteiger partial charge in [0.1, 0.15) is 0 Å². The van der Waals surface area contributed by atoms with Crippen LogP contribution in [0.3, 0.4) is 0 Å². The van der Waals surface area contributed by atoms with Crippen LogP contribution in [-0.2, 0) is 0 Å². The summed E-state index contributed by atoms with van der Waals surface area (Å²) in [6, 6.07) is 0. The molecule has 48 heavy (non-hydrogen) atoms. The fourth-order valence-corrected chi connectivity index (χ4v) is 11.3. The van der Waals surface area contributed by atoms with Gasteiger partial charge in [0, 0.05) is 16.5 Å². The molecule has 0 nitrogen and oxygen atoms in total. The fraction of sp³-hybridized carbons (Fsp3) is 1.00. The molecule has 0 aromatic carbocycles. The van der Waals surface area contributed by atoms with Gasteiger partial charge in [0.05, 0.1) is 6.16 Å². The minimum Gasteiger partial charge on any atom is -0.0654 e. The lowest BCUT2D eigenvalue weighted by Gasteiger charge is -2.04. The monoisotopic (exact) mass is 712 g/mol. The molecular formula is C46H97P2+. The summed E-state index contributed by atoms with van der Waals surface area (Å²) in [4.78, 5) is 0. The fourth-order valence-electron chi connectivity index (χ4n) is 7.54. The first-order valence-corrected chi connectivity index (χ1v) is 27.3. The predicted molar refractivity (Wildman–Crippen MR) is 233 cm³/mol. The van der Waals surface area contributed by atoms with Crippen molar-refractivity contribution in [2.45, 2.75) is 284 Å². The van der Waals surface area contributed by atoms with E-state index in [9.17, 15) is 0 Å². The Bertz CT molecular complexity index is 474. The van der Waals surface area contributed by atoms with Crippen molar-refractivity contribution in [3.05, 3.63) is 0 Å². The van der Waals surface area contributed by atoms with Crippen molar-refractivity contribution in [2.75, 3.05) is 12.3 Å². The number of rotatable bonds is 45. The Morgan fingerprint density at radius 2 is 0.417 bits per heavy atom. The van der Waals surface area contributed by atoms with Gasteiger partial charge >= 0.3 is 0 Å². The van der Waals surface area contributed by atoms with E-state index in [1.807, 2.05) is 0 Å². The quantitative estimate of drug-likeness (QED) is 0.0436. The molecule has 0 aliphatic heterocycles. The molecule has 0 heterocycles. The Labute approximate surface area is 311 Å². The lowest BCUT2D eigenvalue weighted by molar-refractivity contribution is 0.521. The molecule has 0 aromatic heterocycles. The van der Waals surface area contributed by atoms with E-state index >= 15 is 0 Å². The van der Waals surface area contributed by atoms with Crippen molar-refractivity contribution < 1.29 is 0 Å². The average Bonchev–Trinajstić information content (AvgIpc) is 3.10. The van der Waals surface area contributed by atoms with Gasteiger partial charge in [0.2, 0.25) is 0 Å². The summed E-state index contributed by atoms with van der Waals surface area (Å²) in [5, 5.41) is 0. The Balaban J connectivity index is 3.04. The van der Waals surface area contributed by atoms with Crippen LogP contribution in [0.5, 0.6) is 0 Å². The van der Waals surface area contributed by atoms with E-state index in [0.29, 0.717) is 0 Å². The first kappa shape index (κ1) is 48.9. The molecule has 0 aromatic rings. The standard InChI is InChI=1S/C46H96P2/c1-3-5-7-9-11-13-15-17-19-21-23-25-27-29-31-33-35-37-39-41-43-45-47-48-46-44-42-40-38-36-34-32-30-28-26-24-22-20-18-16-14-12-10-8-6-4-2/h47-48H,3-46H2,1-2H3/p+1. The second-order valence-corrected chi connectivity index (χ2v) is 20.4. The van der Waals surface area contributed by atoms with E-state index in [0.717, 1.165) is 8.27 Å². The van der Waals surface area contributed by atoms with Gasteiger partial charge in [0.25, 0.3) is 0 Å². The summed E-state index contributed by atoms with van der Waals surface area (Å²) in [7, 11) is 2.13. The summed E-state index contributed by atoms with van der Waals surface area (Å²) in [6.07, 6.45) is 65.8. The van der Waals surface area contributed by atoms with Gasteiger partial charge in [-0.2, -0.15) is 0 Å². The second kappa shape index (κ2) is 47.9. The zero-order valence-electron chi connectivity index (χ0n) is 34.2. The van der Waals surface area contributed by atoms with Gasteiger partial charge in [-0.15, -0.1) is 0 Å². The Kier molecular flexibility index (Phi) is 48.7. The molecule has 0 spiro atoms. The maximum Gasteiger partial charge on any atom is 0.0569 e. The zero-order valence-corrected chi connectivity index (χ0v) is 36.3. The van der Waals surface area contributed by atoms with Crippen molar-refractivity contribution >= 4 is 16.5 Å². The zero-order chi connectivity index (χ0) is 34.5. The molecule has 290 valence electrons. The topological polar surface area (TPSA) is 0 Å². The van der Waals surface area contributed by atoms with E-state index in [1.165, 1.54) is 272 Å². The van der Waals surface area contributed by atoms with Crippen LogP contribution in [0.15, 0.2) is 0 Å². The third-order valence-electron chi connectivity index (χ3n) is 11.0. The van der Waals surface area contributed by atoms with Crippen LogP contribution in [0.25, 0.3) is 0 Å². The van der Waals surface area contributed by atoms with E-state index in [4.69, 9.17) is 0 Å². The van der Waals surface area contributed by atoms with Gasteiger partial charge in [0.15, 0.2) is 0 Å². The van der Waals surface area contributed by atoms with Crippen LogP contribution < -0.4 is 0 Å². The van der Waals surface area contributed by atoms with Crippen LogP contribution in [0.2, 0.25) is 0 Å². The van der Waals surface area contributed by atoms with Gasteiger partial charge in [-0.25, -0.2) is 0 Å². The number of hydrogen-bond donors (Lipinski definition) is 0. The summed E-state index contributed by atoms with van der Waals surface area (Å²) in [6.45, 7) is 4.63. The Morgan fingerprint density at radius 3 is 0.646 bits per heavy atom. The maximum atomic E-state index is 2.31. The molecule has 0 aliphatic carbocycles. The SMILES string of the molecule is CCCCCCCCCCCCCCCCCCCCCCCP[PH2+]CCCCCCCCCCCCCCCCCCCCCCC. The van der Waals surface area contributed by atoms with Crippen molar-refractivity contribution in [2.24, 2.45) is 0 Å². The molecule has 0 aliphatic rings. The van der Waals surface area contributed by atoms with Crippen LogP contribution in [0.1, 0.15) is 284 Å². The molecule has 0 saturated heterocycles. The molecule has 2 atom stereocenters. The first-order chi connectivity index (χ1) is 23.9. The maximum absolute atomic E-state index is 2.31. The average molecular weight is 712 g/mol. The minimum absolute atomic E-state index is 0.789. The van der Waals surface area contributed by atoms with Gasteiger partial charge in [-0.3, -0.25) is 0 Å². The molecule has 0 rings (SSSR count). The lowest BCUT2D eigenvalue weighted by atomic mass is 10.0. The Morgan fingerprint density at radius 1 is 0.229 bits per heavy atom. The summed E-state index contributed by atoms with van der Waals surface area (Å²) in [5.74, 6) is 0. The normalized spacial score (nSPS) is 12.1. The summed E-state index contributed by atoms with van der Waals surface area (Å²) < 4.78 is 0. The number of hydrogen-bond acceptors (Lipinski definition) is 0. The summed E-state index contributed by atoms with van der Waals surface area (Å²) >= 11 is 0. The highest BCUT2D eigenvalue weighted by atomic mass is 32.0. The van der Waals surface area contributed by atoms with Crippen LogP contribution >= 0.6 is 16.5 Å². The predicted octanol–water partition coefficient (Wildman–Crippen LogP) is 18.4. The highest BCUT2D eigenvalue weighted by Crippen LogP contribution is 2.38. The molecule has 0 amide bonds. The van der Waals surface area contributed by atoms with Gasteiger partial charge in [-0.1, -0.05) is 264 Å². The van der Waals surface area contributed by atoms with Crippen LogP contribution in [0.4, 0.5) is 0 Å². The lowest BCUT2D eigenvalue weighted by Crippen LogP contribution is -1.85. The van der Waals surface area contributed by atoms with Crippen LogP contribution in [-0.4, -0.2) is 12.3 Å². The highest BCUT2D eigenvalue weighted by Gasteiger charge is 2.00. The van der Waals surface area contributed by atoms with E-state index in [1.54, 1.807) is 18.7 Å². The second-order valence-electron chi connectivity index (χ2n) is 16.1. The molecule has 0 fully saturated rings. The summed E-state index contributed by atoms with van der Waals surface area (Å²) in [5.41, 5.74) is 0. The van der Waals surface area contributed by atoms with E-state index in [2.05, 4.69) is 13.8 Å². The highest BCUT2D eigenvalue weighted by molar-refractivity contribution is 8.11. The van der Waals surface area contributed by atoms with E-state index in [-0.39, 0.29) is 0 Å². The number of unbranched alkanes of at least 4 members (excludes halogenated alkanes) is 40. The third kappa shape index (κ3) is 46.9. The van der Waals surface area contributed by atoms with Crippen molar-refractivity contribution in [3.63, 3.8) is 0 Å². The van der Waals surface area contributed by atoms with Crippen molar-refractivity contribution in [1.82, 2.24) is 0 Å². The first-order valence-electron chi connectivity index (χ1n) is 23.5. The molecule has 2 unspecified atom stereocenters. The largest absolute Gasteiger partial charge is 0.0654 e. The molecule has 2 heteroatoms. The molecule has 0 bridgehead atoms. The molecule has 0 N–H and O–H groups in total.